The molecule has 0 N–H and O–H groups in total. The van der Waals surface area contributed by atoms with E-state index in [-0.39, 0.29) is 0 Å². The van der Waals surface area contributed by atoms with Crippen molar-refractivity contribution in [3.05, 3.63) is 212 Å². The minimum absolute atomic E-state index is 0.912. The van der Waals surface area contributed by atoms with Gasteiger partial charge in [0.1, 0.15) is 0 Å². The average Bonchev–Trinajstić information content (AvgIpc) is 3.27. The molecule has 3 heteroatoms. The number of nitrogens with zero attached hydrogens (tertiary/aromatic N) is 3. The van der Waals surface area contributed by atoms with E-state index < -0.39 is 0 Å². The second-order valence-corrected chi connectivity index (χ2v) is 13.8. The fourth-order valence-corrected chi connectivity index (χ4v) is 7.76. The normalized spacial score (nSPS) is 11.3. The van der Waals surface area contributed by atoms with Gasteiger partial charge in [0, 0.05) is 49.9 Å². The van der Waals surface area contributed by atoms with Crippen LogP contribution < -0.4 is 4.90 Å². The van der Waals surface area contributed by atoms with Crippen molar-refractivity contribution in [1.82, 2.24) is 9.97 Å². The molecule has 2 aromatic heterocycles. The molecule has 2 heterocycles. The molecule has 10 rings (SSSR count). The van der Waals surface area contributed by atoms with E-state index >= 15 is 0 Å². The van der Waals surface area contributed by atoms with Gasteiger partial charge in [-0.2, -0.15) is 0 Å². The van der Waals surface area contributed by atoms with Crippen molar-refractivity contribution >= 4 is 49.5 Å². The molecule has 3 nitrogen and oxygen atoms in total. The molecule has 0 atom stereocenters. The van der Waals surface area contributed by atoms with Gasteiger partial charge < -0.3 is 4.90 Å². The van der Waals surface area contributed by atoms with E-state index in [0.717, 1.165) is 78.3 Å². The minimum atomic E-state index is 0.912. The second-order valence-electron chi connectivity index (χ2n) is 13.8. The van der Waals surface area contributed by atoms with Crippen LogP contribution in [0.25, 0.3) is 77.3 Å². The Balaban J connectivity index is 1.15. The van der Waals surface area contributed by atoms with Crippen LogP contribution in [-0.4, -0.2) is 9.97 Å². The number of para-hydroxylation sites is 2. The third-order valence-electron chi connectivity index (χ3n) is 10.4. The van der Waals surface area contributed by atoms with Crippen molar-refractivity contribution in [2.45, 2.75) is 0 Å². The highest BCUT2D eigenvalue weighted by Crippen LogP contribution is 2.41. The standard InChI is InChI=1S/C52H35N3/c1-5-15-36(16-6-1)41-34-48(38-18-7-2-8-19-38)53-49(35-41)40-28-31-46-50(33-40)54-52(47-32-27-37-17-13-14-24-45(37)51(46)47)39-25-29-44(30-26-39)55(42-20-9-3-10-21-42)43-22-11-4-12-23-43/h1-35H. The van der Waals surface area contributed by atoms with Crippen LogP contribution in [0.4, 0.5) is 17.1 Å². The lowest BCUT2D eigenvalue weighted by Crippen LogP contribution is -2.09. The molecule has 0 unspecified atom stereocenters. The predicted molar refractivity (Wildman–Crippen MR) is 231 cm³/mol. The van der Waals surface area contributed by atoms with E-state index in [2.05, 4.69) is 211 Å². The Kier molecular flexibility index (Phi) is 8.16. The van der Waals surface area contributed by atoms with Gasteiger partial charge in [-0.3, -0.25) is 0 Å². The van der Waals surface area contributed by atoms with Gasteiger partial charge in [0.25, 0.3) is 0 Å². The molecular weight excluding hydrogens is 667 g/mol. The summed E-state index contributed by atoms with van der Waals surface area (Å²) in [5, 5.41) is 5.88. The van der Waals surface area contributed by atoms with Crippen molar-refractivity contribution in [2.24, 2.45) is 0 Å². The molecule has 258 valence electrons. The van der Waals surface area contributed by atoms with Crippen LogP contribution in [-0.2, 0) is 0 Å². The van der Waals surface area contributed by atoms with Crippen LogP contribution in [0.15, 0.2) is 212 Å². The summed E-state index contributed by atoms with van der Waals surface area (Å²) >= 11 is 0. The maximum absolute atomic E-state index is 5.48. The summed E-state index contributed by atoms with van der Waals surface area (Å²) in [5.41, 5.74) is 12.5. The first-order valence-corrected chi connectivity index (χ1v) is 18.7. The van der Waals surface area contributed by atoms with Crippen molar-refractivity contribution in [3.63, 3.8) is 0 Å². The van der Waals surface area contributed by atoms with Crippen molar-refractivity contribution in [2.75, 3.05) is 4.90 Å². The smallest absolute Gasteiger partial charge is 0.0788 e. The third kappa shape index (κ3) is 6.08. The first-order chi connectivity index (χ1) is 27.3. The maximum atomic E-state index is 5.48. The van der Waals surface area contributed by atoms with Crippen LogP contribution >= 0.6 is 0 Å². The van der Waals surface area contributed by atoms with E-state index in [0.29, 0.717) is 0 Å². The quantitative estimate of drug-likeness (QED) is 0.155. The topological polar surface area (TPSA) is 29.0 Å². The van der Waals surface area contributed by atoms with Gasteiger partial charge >= 0.3 is 0 Å². The van der Waals surface area contributed by atoms with Crippen LogP contribution in [0.3, 0.4) is 0 Å². The summed E-state index contributed by atoms with van der Waals surface area (Å²) in [6, 6.07) is 74.9. The number of rotatable bonds is 7. The second kappa shape index (κ2) is 13.9. The molecule has 0 fully saturated rings. The van der Waals surface area contributed by atoms with Crippen molar-refractivity contribution in [3.8, 4) is 44.9 Å². The molecule has 0 radical (unpaired) electrons. The zero-order valence-corrected chi connectivity index (χ0v) is 30.0. The lowest BCUT2D eigenvalue weighted by atomic mass is 9.94. The lowest BCUT2D eigenvalue weighted by molar-refractivity contribution is 1.28. The molecule has 8 aromatic carbocycles. The summed E-state index contributed by atoms with van der Waals surface area (Å²) in [4.78, 5) is 13.0. The summed E-state index contributed by atoms with van der Waals surface area (Å²) in [6.07, 6.45) is 0. The van der Waals surface area contributed by atoms with E-state index in [1.54, 1.807) is 0 Å². The molecule has 0 amide bonds. The van der Waals surface area contributed by atoms with Gasteiger partial charge in [0.05, 0.1) is 22.6 Å². The van der Waals surface area contributed by atoms with Crippen LogP contribution in [0.2, 0.25) is 0 Å². The molecule has 0 aliphatic carbocycles. The fraction of sp³-hybridized carbons (Fsp3) is 0. The van der Waals surface area contributed by atoms with Gasteiger partial charge in [-0.1, -0.05) is 158 Å². The Hall–Kier alpha value is -7.36. The molecule has 0 aliphatic rings. The zero-order valence-electron chi connectivity index (χ0n) is 30.0. The molecule has 55 heavy (non-hydrogen) atoms. The van der Waals surface area contributed by atoms with Gasteiger partial charge in [-0.15, -0.1) is 0 Å². The summed E-state index contributed by atoms with van der Waals surface area (Å²) in [6.45, 7) is 0. The number of benzene rings is 8. The summed E-state index contributed by atoms with van der Waals surface area (Å²) in [5.74, 6) is 0. The molecular formula is C52H35N3. The molecule has 0 aliphatic heterocycles. The number of anilines is 3. The van der Waals surface area contributed by atoms with Gasteiger partial charge in [-0.05, 0) is 76.5 Å². The predicted octanol–water partition coefficient (Wildman–Crippen LogP) is 14.1. The third-order valence-corrected chi connectivity index (χ3v) is 10.4. The number of pyridine rings is 2. The van der Waals surface area contributed by atoms with Crippen LogP contribution in [0.5, 0.6) is 0 Å². The molecule has 0 saturated heterocycles. The first kappa shape index (κ1) is 32.3. The first-order valence-electron chi connectivity index (χ1n) is 18.7. The molecule has 10 aromatic rings. The van der Waals surface area contributed by atoms with E-state index in [1.165, 1.54) is 16.2 Å². The molecule has 0 bridgehead atoms. The Morgan fingerprint density at radius 3 is 1.51 bits per heavy atom. The van der Waals surface area contributed by atoms with Gasteiger partial charge in [0.2, 0.25) is 0 Å². The lowest BCUT2D eigenvalue weighted by Gasteiger charge is -2.25. The zero-order chi connectivity index (χ0) is 36.6. The minimum Gasteiger partial charge on any atom is -0.311 e. The highest BCUT2D eigenvalue weighted by Gasteiger charge is 2.17. The van der Waals surface area contributed by atoms with Crippen molar-refractivity contribution < 1.29 is 0 Å². The van der Waals surface area contributed by atoms with E-state index in [1.807, 2.05) is 6.07 Å². The number of aromatic nitrogens is 2. The molecule has 0 saturated carbocycles. The number of hydrogen-bond acceptors (Lipinski definition) is 3. The monoisotopic (exact) mass is 701 g/mol. The van der Waals surface area contributed by atoms with Crippen LogP contribution in [0, 0.1) is 0 Å². The Bertz CT molecular complexity index is 2850. The van der Waals surface area contributed by atoms with Crippen molar-refractivity contribution in [1.29, 1.82) is 0 Å². The number of fused-ring (bicyclic) bond motifs is 5. The van der Waals surface area contributed by atoms with E-state index in [9.17, 15) is 0 Å². The average molecular weight is 702 g/mol. The molecule has 0 spiro atoms. The Labute approximate surface area is 320 Å². The highest BCUT2D eigenvalue weighted by atomic mass is 15.1. The summed E-state index contributed by atoms with van der Waals surface area (Å²) in [7, 11) is 0. The maximum Gasteiger partial charge on any atom is 0.0788 e. The van der Waals surface area contributed by atoms with Gasteiger partial charge in [-0.25, -0.2) is 9.97 Å². The summed E-state index contributed by atoms with van der Waals surface area (Å²) < 4.78 is 0. The van der Waals surface area contributed by atoms with Gasteiger partial charge in [0.15, 0.2) is 0 Å². The van der Waals surface area contributed by atoms with E-state index in [4.69, 9.17) is 9.97 Å². The number of hydrogen-bond donors (Lipinski definition) is 0. The highest BCUT2D eigenvalue weighted by molar-refractivity contribution is 6.22. The Morgan fingerprint density at radius 2 is 0.836 bits per heavy atom. The largest absolute Gasteiger partial charge is 0.311 e. The Morgan fingerprint density at radius 1 is 0.309 bits per heavy atom. The fourth-order valence-electron chi connectivity index (χ4n) is 7.76. The SMILES string of the molecule is c1ccc(-c2cc(-c3ccccc3)nc(-c3ccc4c(c3)nc(-c3ccc(N(c5ccccc5)c5ccccc5)cc3)c3ccc5ccccc5c34)c2)cc1. The van der Waals surface area contributed by atoms with Crippen LogP contribution in [0.1, 0.15) is 0 Å².